The maximum Gasteiger partial charge on any atom is 0.272 e. The number of piperidine rings is 1. The van der Waals surface area contributed by atoms with Gasteiger partial charge in [0.2, 0.25) is 5.88 Å². The van der Waals surface area contributed by atoms with Gasteiger partial charge in [-0.25, -0.2) is 9.97 Å². The third-order valence-electron chi connectivity index (χ3n) is 7.30. The summed E-state index contributed by atoms with van der Waals surface area (Å²) in [5, 5.41) is 0.601. The molecule has 184 valence electrons. The van der Waals surface area contributed by atoms with Crippen LogP contribution in [0.25, 0.3) is 17.0 Å². The number of carbonyl (C=O) groups excluding carboxylic acids is 1. The molecule has 0 saturated carbocycles. The summed E-state index contributed by atoms with van der Waals surface area (Å²) in [4.78, 5) is 31.8. The number of fused-ring (bicyclic) bond motifs is 5. The Morgan fingerprint density at radius 1 is 1.06 bits per heavy atom. The van der Waals surface area contributed by atoms with Crippen molar-refractivity contribution in [1.29, 1.82) is 0 Å². The molecule has 0 aliphatic carbocycles. The first-order valence-corrected chi connectivity index (χ1v) is 12.6. The fourth-order valence-electron chi connectivity index (χ4n) is 5.50. The number of hydrogen-bond donors (Lipinski definition) is 0. The number of aromatic nitrogens is 4. The SMILES string of the molecule is COc1cccc(C(=O)N2CCC3CCC2CN3Cc2c(-c3ccc(Cl)cn3)nc3ccccn23)n1. The average molecular weight is 503 g/mol. The lowest BCUT2D eigenvalue weighted by Gasteiger charge is -2.38. The molecule has 1 amide bonds. The van der Waals surface area contributed by atoms with Gasteiger partial charge in [0, 0.05) is 50.2 Å². The van der Waals surface area contributed by atoms with Crippen LogP contribution in [0.2, 0.25) is 5.02 Å². The van der Waals surface area contributed by atoms with Crippen molar-refractivity contribution in [3.63, 3.8) is 0 Å². The summed E-state index contributed by atoms with van der Waals surface area (Å²) in [6.07, 6.45) is 6.70. The van der Waals surface area contributed by atoms with Crippen LogP contribution < -0.4 is 4.74 Å². The van der Waals surface area contributed by atoms with Crippen LogP contribution in [0.3, 0.4) is 0 Å². The number of nitrogens with zero attached hydrogens (tertiary/aromatic N) is 6. The van der Waals surface area contributed by atoms with Gasteiger partial charge in [0.15, 0.2) is 0 Å². The second-order valence-corrected chi connectivity index (χ2v) is 9.80. The number of hydrogen-bond acceptors (Lipinski definition) is 6. The number of ether oxygens (including phenoxy) is 1. The third-order valence-corrected chi connectivity index (χ3v) is 7.53. The van der Waals surface area contributed by atoms with E-state index in [2.05, 4.69) is 25.5 Å². The Bertz CT molecular complexity index is 1410. The highest BCUT2D eigenvalue weighted by Gasteiger charge is 2.38. The molecule has 2 atom stereocenters. The highest BCUT2D eigenvalue weighted by molar-refractivity contribution is 6.30. The number of imidazole rings is 1. The first kappa shape index (κ1) is 22.9. The van der Waals surface area contributed by atoms with Crippen LogP contribution in [0.1, 0.15) is 35.4 Å². The van der Waals surface area contributed by atoms with Crippen molar-refractivity contribution in [2.24, 2.45) is 0 Å². The van der Waals surface area contributed by atoms with Crippen molar-refractivity contribution in [3.05, 3.63) is 77.3 Å². The van der Waals surface area contributed by atoms with E-state index >= 15 is 0 Å². The van der Waals surface area contributed by atoms with Crippen LogP contribution in [-0.2, 0) is 6.54 Å². The van der Waals surface area contributed by atoms with Crippen LogP contribution in [0.5, 0.6) is 5.88 Å². The number of halogens is 1. The van der Waals surface area contributed by atoms with Crippen molar-refractivity contribution in [3.8, 4) is 17.3 Å². The topological polar surface area (TPSA) is 75.9 Å². The summed E-state index contributed by atoms with van der Waals surface area (Å²) in [5.41, 5.74) is 4.09. The van der Waals surface area contributed by atoms with E-state index in [1.165, 1.54) is 0 Å². The molecule has 4 aromatic rings. The van der Waals surface area contributed by atoms with Crippen LogP contribution in [0, 0.1) is 0 Å². The minimum atomic E-state index is -0.0257. The smallest absolute Gasteiger partial charge is 0.272 e. The van der Waals surface area contributed by atoms with Crippen molar-refractivity contribution >= 4 is 23.2 Å². The molecule has 8 nitrogen and oxygen atoms in total. The molecule has 2 bridgehead atoms. The molecule has 7 heterocycles. The van der Waals surface area contributed by atoms with Crippen LogP contribution in [-0.4, -0.2) is 67.3 Å². The Hall–Kier alpha value is -3.49. The van der Waals surface area contributed by atoms with Crippen LogP contribution in [0.4, 0.5) is 0 Å². The predicted octanol–water partition coefficient (Wildman–Crippen LogP) is 4.33. The lowest BCUT2D eigenvalue weighted by atomic mass is 9.98. The van der Waals surface area contributed by atoms with E-state index in [9.17, 15) is 4.79 Å². The lowest BCUT2D eigenvalue weighted by Crippen LogP contribution is -2.48. The maximum absolute atomic E-state index is 13.4. The summed E-state index contributed by atoms with van der Waals surface area (Å²) < 4.78 is 7.38. The number of methoxy groups -OCH3 is 1. The van der Waals surface area contributed by atoms with Gasteiger partial charge >= 0.3 is 0 Å². The van der Waals surface area contributed by atoms with Gasteiger partial charge in [-0.15, -0.1) is 0 Å². The van der Waals surface area contributed by atoms with E-state index in [1.807, 2.05) is 41.3 Å². The molecule has 36 heavy (non-hydrogen) atoms. The lowest BCUT2D eigenvalue weighted by molar-refractivity contribution is 0.0597. The minimum absolute atomic E-state index is 0.0257. The molecule has 3 aliphatic rings. The highest BCUT2D eigenvalue weighted by atomic mass is 35.5. The Kier molecular flexibility index (Phi) is 6.07. The zero-order chi connectivity index (χ0) is 24.6. The molecule has 3 fully saturated rings. The molecule has 0 radical (unpaired) electrons. The van der Waals surface area contributed by atoms with Gasteiger partial charge in [-0.2, -0.15) is 0 Å². The summed E-state index contributed by atoms with van der Waals surface area (Å²) in [6, 6.07) is 15.7. The van der Waals surface area contributed by atoms with Crippen molar-refractivity contribution in [2.75, 3.05) is 20.2 Å². The summed E-state index contributed by atoms with van der Waals surface area (Å²) >= 11 is 6.09. The molecule has 0 aromatic carbocycles. The first-order chi connectivity index (χ1) is 17.6. The zero-order valence-corrected chi connectivity index (χ0v) is 20.8. The molecule has 0 N–H and O–H groups in total. The third kappa shape index (κ3) is 4.20. The average Bonchev–Trinajstić information content (AvgIpc) is 3.04. The monoisotopic (exact) mass is 502 g/mol. The Labute approximate surface area is 214 Å². The normalized spacial score (nSPS) is 20.0. The molecule has 4 aromatic heterocycles. The molecule has 2 unspecified atom stereocenters. The quantitative estimate of drug-likeness (QED) is 0.404. The van der Waals surface area contributed by atoms with Crippen LogP contribution >= 0.6 is 11.6 Å². The number of carbonyl (C=O) groups is 1. The highest BCUT2D eigenvalue weighted by Crippen LogP contribution is 2.33. The molecular formula is C27H27ClN6O2. The molecule has 0 spiro atoms. The van der Waals surface area contributed by atoms with E-state index in [0.29, 0.717) is 22.6 Å². The Balaban J connectivity index is 1.29. The van der Waals surface area contributed by atoms with Gasteiger partial charge in [0.05, 0.1) is 23.5 Å². The van der Waals surface area contributed by atoms with Gasteiger partial charge in [0.1, 0.15) is 17.0 Å². The van der Waals surface area contributed by atoms with Gasteiger partial charge in [-0.1, -0.05) is 23.7 Å². The van der Waals surface area contributed by atoms with E-state index in [1.54, 1.807) is 25.4 Å². The molecule has 3 aliphatic heterocycles. The fourth-order valence-corrected chi connectivity index (χ4v) is 5.61. The number of rotatable bonds is 5. The largest absolute Gasteiger partial charge is 0.481 e. The summed E-state index contributed by atoms with van der Waals surface area (Å²) in [7, 11) is 1.57. The van der Waals surface area contributed by atoms with Crippen molar-refractivity contribution in [2.45, 2.75) is 37.9 Å². The molecular weight excluding hydrogens is 476 g/mol. The van der Waals surface area contributed by atoms with Gasteiger partial charge in [0.25, 0.3) is 5.91 Å². The predicted molar refractivity (Wildman–Crippen MR) is 137 cm³/mol. The maximum atomic E-state index is 13.4. The second-order valence-electron chi connectivity index (χ2n) is 9.36. The second kappa shape index (κ2) is 9.52. The summed E-state index contributed by atoms with van der Waals surface area (Å²) in [5.74, 6) is 0.430. The van der Waals surface area contributed by atoms with Gasteiger partial charge in [-0.05, 0) is 49.6 Å². The first-order valence-electron chi connectivity index (χ1n) is 12.2. The van der Waals surface area contributed by atoms with Gasteiger partial charge < -0.3 is 14.0 Å². The van der Waals surface area contributed by atoms with E-state index in [-0.39, 0.29) is 11.9 Å². The van der Waals surface area contributed by atoms with Crippen molar-refractivity contribution in [1.82, 2.24) is 29.2 Å². The van der Waals surface area contributed by atoms with Crippen LogP contribution in [0.15, 0.2) is 60.9 Å². The van der Waals surface area contributed by atoms with E-state index < -0.39 is 0 Å². The number of pyridine rings is 3. The van der Waals surface area contributed by atoms with Gasteiger partial charge in [-0.3, -0.25) is 14.7 Å². The summed E-state index contributed by atoms with van der Waals surface area (Å²) in [6.45, 7) is 2.27. The number of amides is 1. The molecule has 9 heteroatoms. The van der Waals surface area contributed by atoms with Crippen molar-refractivity contribution < 1.29 is 9.53 Å². The van der Waals surface area contributed by atoms with E-state index in [0.717, 1.165) is 61.6 Å². The Morgan fingerprint density at radius 2 is 1.94 bits per heavy atom. The Morgan fingerprint density at radius 3 is 2.78 bits per heavy atom. The molecule has 7 rings (SSSR count). The zero-order valence-electron chi connectivity index (χ0n) is 20.0. The molecule has 3 saturated heterocycles. The minimum Gasteiger partial charge on any atom is -0.481 e. The van der Waals surface area contributed by atoms with E-state index in [4.69, 9.17) is 21.3 Å². The fraction of sp³-hybridized carbons (Fsp3) is 0.333. The standard InChI is InChI=1S/C27H27ClN6O2/c1-36-25-7-4-5-22(30-25)27(35)33-14-12-19-9-10-20(33)16-32(19)17-23-26(21-11-8-18(28)15-29-21)31-24-6-2-3-13-34(23)24/h2-8,11,13,15,19-20H,9-10,12,14,16-17H2,1H3.